The van der Waals surface area contributed by atoms with Crippen LogP contribution in [-0.4, -0.2) is 11.0 Å². The van der Waals surface area contributed by atoms with Gasteiger partial charge in [-0.2, -0.15) is 0 Å². The monoisotopic (exact) mass is 409 g/mol. The lowest BCUT2D eigenvalue weighted by molar-refractivity contribution is -0.125. The van der Waals surface area contributed by atoms with Crippen molar-refractivity contribution in [2.75, 3.05) is 5.32 Å². The molecule has 1 amide bonds. The molecule has 2 aromatic rings. The molecule has 1 fully saturated rings. The number of benzene rings is 2. The number of rotatable bonds is 7. The zero-order valence-corrected chi connectivity index (χ0v) is 18.5. The molecule has 3 nitrogen and oxygen atoms in total. The fraction of sp³-hybridized carbons (Fsp3) is 0.440. The fourth-order valence-electron chi connectivity index (χ4n) is 4.08. The molecule has 0 aliphatic heterocycles. The predicted octanol–water partition coefficient (Wildman–Crippen LogP) is 6.86. The Morgan fingerprint density at radius 3 is 2.38 bits per heavy atom. The number of hydrogen-bond donors (Lipinski definition) is 1. The van der Waals surface area contributed by atoms with Crippen LogP contribution in [0, 0.1) is 18.3 Å². The van der Waals surface area contributed by atoms with Crippen molar-refractivity contribution in [1.29, 1.82) is 0 Å². The lowest BCUT2D eigenvalue weighted by Crippen LogP contribution is -2.34. The zero-order chi connectivity index (χ0) is 20.9. The van der Waals surface area contributed by atoms with Crippen molar-refractivity contribution in [1.82, 2.24) is 0 Å². The van der Waals surface area contributed by atoms with Gasteiger partial charge in [-0.05, 0) is 68.0 Å². The molecular formula is C25H31NO2S. The van der Waals surface area contributed by atoms with Gasteiger partial charge in [-0.25, -0.2) is 0 Å². The van der Waals surface area contributed by atoms with Gasteiger partial charge in [-0.15, -0.1) is 0 Å². The highest BCUT2D eigenvalue weighted by molar-refractivity contribution is 8.14. The molecule has 29 heavy (non-hydrogen) atoms. The average molecular weight is 410 g/mol. The molecule has 154 valence electrons. The summed E-state index contributed by atoms with van der Waals surface area (Å²) in [5, 5.41) is 3.18. The number of anilines is 1. The third-order valence-corrected chi connectivity index (χ3v) is 6.93. The van der Waals surface area contributed by atoms with Crippen molar-refractivity contribution in [2.24, 2.45) is 11.3 Å². The second kappa shape index (κ2) is 9.62. The van der Waals surface area contributed by atoms with E-state index < -0.39 is 0 Å². The highest BCUT2D eigenvalue weighted by Crippen LogP contribution is 2.44. The highest BCUT2D eigenvalue weighted by atomic mass is 32.2. The van der Waals surface area contributed by atoms with E-state index in [9.17, 15) is 9.59 Å². The van der Waals surface area contributed by atoms with Gasteiger partial charge in [0.05, 0.1) is 5.69 Å². The summed E-state index contributed by atoms with van der Waals surface area (Å²) in [6.45, 7) is 6.37. The van der Waals surface area contributed by atoms with E-state index in [0.717, 1.165) is 54.7 Å². The molecule has 0 radical (unpaired) electrons. The van der Waals surface area contributed by atoms with Gasteiger partial charge in [0.2, 0.25) is 11.0 Å². The molecule has 0 aromatic heterocycles. The van der Waals surface area contributed by atoms with E-state index in [1.165, 1.54) is 11.8 Å². The number of thioether (sulfide) groups is 1. The van der Waals surface area contributed by atoms with E-state index in [0.29, 0.717) is 11.5 Å². The van der Waals surface area contributed by atoms with Crippen molar-refractivity contribution >= 4 is 28.5 Å². The van der Waals surface area contributed by atoms with Crippen molar-refractivity contribution in [2.45, 2.75) is 64.2 Å². The fourth-order valence-corrected chi connectivity index (χ4v) is 4.99. The van der Waals surface area contributed by atoms with Gasteiger partial charge in [0.25, 0.3) is 0 Å². The first-order valence-corrected chi connectivity index (χ1v) is 11.4. The zero-order valence-electron chi connectivity index (χ0n) is 17.7. The second-order valence-electron chi connectivity index (χ2n) is 8.57. The first-order valence-electron chi connectivity index (χ1n) is 10.6. The summed E-state index contributed by atoms with van der Waals surface area (Å²) in [4.78, 5) is 26.9. The summed E-state index contributed by atoms with van der Waals surface area (Å²) in [6.07, 6.45) is 6.16. The lowest BCUT2D eigenvalue weighted by atomic mass is 9.79. The van der Waals surface area contributed by atoms with Crippen LogP contribution in [0.15, 0.2) is 53.4 Å². The maximum absolute atomic E-state index is 13.3. The molecule has 0 saturated heterocycles. The third kappa shape index (κ3) is 5.30. The van der Waals surface area contributed by atoms with Crippen LogP contribution in [0.5, 0.6) is 0 Å². The maximum atomic E-state index is 13.3. The van der Waals surface area contributed by atoms with Crippen LogP contribution in [0.1, 0.15) is 68.3 Å². The number of carbonyl (C=O) groups is 2. The van der Waals surface area contributed by atoms with E-state index in [4.69, 9.17) is 0 Å². The number of carbonyl (C=O) groups excluding carboxylic acids is 2. The van der Waals surface area contributed by atoms with Crippen LogP contribution in [0.3, 0.4) is 0 Å². The molecule has 1 aliphatic rings. The smallest absolute Gasteiger partial charge is 0.230 e. The summed E-state index contributed by atoms with van der Waals surface area (Å²) in [7, 11) is 0. The Hall–Kier alpha value is -2.07. The Kier molecular flexibility index (Phi) is 7.18. The van der Waals surface area contributed by atoms with Gasteiger partial charge in [0.1, 0.15) is 0 Å². The minimum absolute atomic E-state index is 0.000173. The van der Waals surface area contributed by atoms with Crippen LogP contribution in [0.4, 0.5) is 5.69 Å². The molecule has 0 heterocycles. The van der Waals surface area contributed by atoms with Crippen molar-refractivity contribution in [3.05, 3.63) is 59.7 Å². The topological polar surface area (TPSA) is 46.2 Å². The molecule has 0 unspecified atom stereocenters. The average Bonchev–Trinajstić information content (AvgIpc) is 3.18. The highest BCUT2D eigenvalue weighted by Gasteiger charge is 2.40. The Balaban J connectivity index is 1.77. The molecule has 4 heteroatoms. The Bertz CT molecular complexity index is 869. The lowest BCUT2D eigenvalue weighted by Gasteiger charge is -2.29. The van der Waals surface area contributed by atoms with E-state index in [2.05, 4.69) is 19.2 Å². The summed E-state index contributed by atoms with van der Waals surface area (Å²) < 4.78 is 0. The number of amides is 1. The standard InChI is InChI=1S/C25H31NO2S/c1-18(2)14-17-25(15-8-9-16-25)24(28)26-21-12-6-7-13-22(21)29-23(27)20-11-5-4-10-19(20)3/h4-7,10-13,18H,8-9,14-17H2,1-3H3,(H,26,28). The van der Waals surface area contributed by atoms with E-state index in [-0.39, 0.29) is 16.4 Å². The van der Waals surface area contributed by atoms with E-state index in [1.807, 2.05) is 55.5 Å². The first kappa shape index (κ1) is 21.6. The van der Waals surface area contributed by atoms with Gasteiger partial charge >= 0.3 is 0 Å². The van der Waals surface area contributed by atoms with Crippen molar-refractivity contribution in [3.63, 3.8) is 0 Å². The summed E-state index contributed by atoms with van der Waals surface area (Å²) >= 11 is 1.19. The molecular weight excluding hydrogens is 378 g/mol. The Morgan fingerprint density at radius 2 is 1.69 bits per heavy atom. The number of aryl methyl sites for hydroxylation is 1. The third-order valence-electron chi connectivity index (χ3n) is 5.95. The molecule has 0 bridgehead atoms. The largest absolute Gasteiger partial charge is 0.325 e. The maximum Gasteiger partial charge on any atom is 0.230 e. The van der Waals surface area contributed by atoms with Gasteiger partial charge in [0, 0.05) is 15.9 Å². The number of para-hydroxylation sites is 1. The van der Waals surface area contributed by atoms with Crippen LogP contribution in [-0.2, 0) is 4.79 Å². The van der Waals surface area contributed by atoms with E-state index >= 15 is 0 Å². The van der Waals surface area contributed by atoms with Gasteiger partial charge in [-0.3, -0.25) is 9.59 Å². The number of nitrogens with one attached hydrogen (secondary N) is 1. The van der Waals surface area contributed by atoms with E-state index in [1.54, 1.807) is 0 Å². The van der Waals surface area contributed by atoms with Crippen molar-refractivity contribution < 1.29 is 9.59 Å². The predicted molar refractivity (Wildman–Crippen MR) is 121 cm³/mol. The van der Waals surface area contributed by atoms with Crippen LogP contribution < -0.4 is 5.32 Å². The van der Waals surface area contributed by atoms with Crippen LogP contribution >= 0.6 is 11.8 Å². The van der Waals surface area contributed by atoms with Gasteiger partial charge in [-0.1, -0.05) is 63.1 Å². The first-order chi connectivity index (χ1) is 13.9. The van der Waals surface area contributed by atoms with Gasteiger partial charge in [0.15, 0.2) is 0 Å². The normalized spacial score (nSPS) is 15.4. The molecule has 1 aliphatic carbocycles. The molecule has 2 aromatic carbocycles. The van der Waals surface area contributed by atoms with Crippen molar-refractivity contribution in [3.8, 4) is 0 Å². The second-order valence-corrected chi connectivity index (χ2v) is 9.59. The van der Waals surface area contributed by atoms with Crippen LogP contribution in [0.25, 0.3) is 0 Å². The van der Waals surface area contributed by atoms with Gasteiger partial charge < -0.3 is 5.32 Å². The Labute approximate surface area is 178 Å². The number of hydrogen-bond acceptors (Lipinski definition) is 3. The molecule has 1 N–H and O–H groups in total. The summed E-state index contributed by atoms with van der Waals surface area (Å²) in [5.41, 5.74) is 2.15. The molecule has 0 spiro atoms. The molecule has 3 rings (SSSR count). The summed E-state index contributed by atoms with van der Waals surface area (Å²) in [6, 6.07) is 15.2. The molecule has 0 atom stereocenters. The minimum Gasteiger partial charge on any atom is -0.325 e. The minimum atomic E-state index is -0.262. The molecule has 1 saturated carbocycles. The Morgan fingerprint density at radius 1 is 1.03 bits per heavy atom. The van der Waals surface area contributed by atoms with Crippen LogP contribution in [0.2, 0.25) is 0 Å². The summed E-state index contributed by atoms with van der Waals surface area (Å²) in [5.74, 6) is 0.710. The SMILES string of the molecule is Cc1ccccc1C(=O)Sc1ccccc1NC(=O)C1(CCC(C)C)CCCC1. The quantitative estimate of drug-likeness (QED) is 0.508.